The maximum Gasteiger partial charge on any atom is 0.413 e. The summed E-state index contributed by atoms with van der Waals surface area (Å²) < 4.78 is 5.59. The second-order valence-electron chi connectivity index (χ2n) is 3.88. The summed E-state index contributed by atoms with van der Waals surface area (Å²) in [5.41, 5.74) is -1.38. The number of rotatable bonds is 3. The number of carbonyl (C=O) groups excluding carboxylic acids is 1. The zero-order valence-corrected chi connectivity index (χ0v) is 10.9. The zero-order valence-electron chi connectivity index (χ0n) is 9.36. The van der Waals surface area contributed by atoms with Crippen molar-refractivity contribution in [2.75, 3.05) is 0 Å². The number of carboxylic acids is 1. The molecule has 1 aromatic rings. The predicted molar refractivity (Wildman–Crippen MR) is 65.0 cm³/mol. The van der Waals surface area contributed by atoms with Crippen LogP contribution in [0, 0.1) is 0 Å². The van der Waals surface area contributed by atoms with Crippen LogP contribution in [0.1, 0.15) is 13.8 Å². The first-order chi connectivity index (χ1) is 7.83. The third-order valence-corrected chi connectivity index (χ3v) is 2.64. The van der Waals surface area contributed by atoms with Gasteiger partial charge in [0.2, 0.25) is 0 Å². The van der Waals surface area contributed by atoms with E-state index in [-0.39, 0.29) is 0 Å². The summed E-state index contributed by atoms with van der Waals surface area (Å²) in [4.78, 5) is 22.3. The van der Waals surface area contributed by atoms with Crippen molar-refractivity contribution in [2.45, 2.75) is 19.4 Å². The molecule has 1 aromatic carbocycles. The van der Waals surface area contributed by atoms with Gasteiger partial charge in [0, 0.05) is 0 Å². The molecule has 0 heterocycles. The Kier molecular flexibility index (Phi) is 4.11. The lowest BCUT2D eigenvalue weighted by Crippen LogP contribution is -2.50. The molecule has 5 nitrogen and oxygen atoms in total. The molecule has 17 heavy (non-hydrogen) atoms. The highest BCUT2D eigenvalue weighted by atomic mass is 79.9. The molecule has 0 aliphatic carbocycles. The largest absolute Gasteiger partial charge is 0.480 e. The summed E-state index contributed by atoms with van der Waals surface area (Å²) >= 11 is 3.21. The van der Waals surface area contributed by atoms with Crippen molar-refractivity contribution in [3.63, 3.8) is 0 Å². The average Bonchev–Trinajstić information content (AvgIpc) is 2.20. The molecular weight excluding hydrogens is 290 g/mol. The minimum absolute atomic E-state index is 0.325. The highest BCUT2D eigenvalue weighted by Crippen LogP contribution is 2.23. The van der Waals surface area contributed by atoms with E-state index in [0.717, 1.165) is 0 Å². The Hall–Kier alpha value is -1.56. The van der Waals surface area contributed by atoms with Crippen LogP contribution in [0.3, 0.4) is 0 Å². The molecule has 0 aromatic heterocycles. The van der Waals surface area contributed by atoms with Crippen molar-refractivity contribution in [1.29, 1.82) is 0 Å². The zero-order chi connectivity index (χ0) is 13.1. The second kappa shape index (κ2) is 5.18. The molecule has 1 amide bonds. The van der Waals surface area contributed by atoms with Crippen LogP contribution in [0.5, 0.6) is 5.75 Å². The normalized spacial score (nSPS) is 10.8. The van der Waals surface area contributed by atoms with Crippen molar-refractivity contribution >= 4 is 28.0 Å². The van der Waals surface area contributed by atoms with Gasteiger partial charge in [-0.05, 0) is 41.9 Å². The Morgan fingerprint density at radius 2 is 1.94 bits per heavy atom. The van der Waals surface area contributed by atoms with Crippen molar-refractivity contribution in [3.05, 3.63) is 28.7 Å². The average molecular weight is 302 g/mol. The summed E-state index contributed by atoms with van der Waals surface area (Å²) in [5, 5.41) is 11.1. The molecule has 0 saturated carbocycles. The van der Waals surface area contributed by atoms with Crippen molar-refractivity contribution in [1.82, 2.24) is 5.32 Å². The summed E-state index contributed by atoms with van der Waals surface area (Å²) in [6.07, 6.45) is -0.815. The van der Waals surface area contributed by atoms with Crippen LogP contribution in [0.15, 0.2) is 28.7 Å². The number of amides is 1. The summed E-state index contributed by atoms with van der Waals surface area (Å²) in [7, 11) is 0. The minimum Gasteiger partial charge on any atom is -0.480 e. The van der Waals surface area contributed by atoms with Gasteiger partial charge in [-0.15, -0.1) is 0 Å². The van der Waals surface area contributed by atoms with Gasteiger partial charge < -0.3 is 15.2 Å². The Balaban J connectivity index is 2.69. The fraction of sp³-hybridized carbons (Fsp3) is 0.273. The van der Waals surface area contributed by atoms with Gasteiger partial charge in [0.15, 0.2) is 0 Å². The Morgan fingerprint density at radius 3 is 2.47 bits per heavy atom. The van der Waals surface area contributed by atoms with E-state index in [1.54, 1.807) is 24.3 Å². The van der Waals surface area contributed by atoms with Crippen LogP contribution in [-0.2, 0) is 4.79 Å². The molecule has 0 fully saturated rings. The van der Waals surface area contributed by atoms with Crippen LogP contribution in [-0.4, -0.2) is 22.7 Å². The molecule has 92 valence electrons. The lowest BCUT2D eigenvalue weighted by molar-refractivity contribution is -0.143. The molecular formula is C11H12BrNO4. The SMILES string of the molecule is CC(C)(NC(=O)Oc1ccccc1Br)C(=O)O. The van der Waals surface area contributed by atoms with Crippen LogP contribution < -0.4 is 10.1 Å². The smallest absolute Gasteiger partial charge is 0.413 e. The number of carboxylic acid groups (broad SMARTS) is 1. The van der Waals surface area contributed by atoms with E-state index in [9.17, 15) is 9.59 Å². The van der Waals surface area contributed by atoms with Crippen LogP contribution >= 0.6 is 15.9 Å². The van der Waals surface area contributed by atoms with E-state index >= 15 is 0 Å². The summed E-state index contributed by atoms with van der Waals surface area (Å²) in [6, 6.07) is 6.79. The molecule has 0 spiro atoms. The van der Waals surface area contributed by atoms with E-state index in [1.807, 2.05) is 0 Å². The van der Waals surface area contributed by atoms with E-state index < -0.39 is 17.6 Å². The topological polar surface area (TPSA) is 75.6 Å². The standard InChI is InChI=1S/C11H12BrNO4/c1-11(2,9(14)15)13-10(16)17-8-6-4-3-5-7(8)12/h3-6H,1-2H3,(H,13,16)(H,14,15). The number of para-hydroxylation sites is 1. The molecule has 0 atom stereocenters. The Morgan fingerprint density at radius 1 is 1.35 bits per heavy atom. The number of aliphatic carboxylic acids is 1. The molecule has 0 radical (unpaired) electrons. The van der Waals surface area contributed by atoms with Gasteiger partial charge in [-0.25, -0.2) is 9.59 Å². The Labute approximate surface area is 107 Å². The number of carbonyl (C=O) groups is 2. The Bertz CT molecular complexity index is 445. The molecule has 2 N–H and O–H groups in total. The first-order valence-corrected chi connectivity index (χ1v) is 5.60. The number of halogens is 1. The first-order valence-electron chi connectivity index (χ1n) is 4.81. The predicted octanol–water partition coefficient (Wildman–Crippen LogP) is 2.40. The fourth-order valence-electron chi connectivity index (χ4n) is 0.962. The molecule has 0 aliphatic rings. The number of hydrogen-bond acceptors (Lipinski definition) is 3. The van der Waals surface area contributed by atoms with Gasteiger partial charge in [-0.1, -0.05) is 12.1 Å². The molecule has 1 rings (SSSR count). The molecule has 6 heteroatoms. The molecule has 0 aliphatic heterocycles. The summed E-state index contributed by atoms with van der Waals surface area (Å²) in [5.74, 6) is -0.812. The van der Waals surface area contributed by atoms with Gasteiger partial charge in [0.05, 0.1) is 4.47 Å². The van der Waals surface area contributed by atoms with Crippen LogP contribution in [0.2, 0.25) is 0 Å². The van der Waals surface area contributed by atoms with E-state index in [0.29, 0.717) is 10.2 Å². The van der Waals surface area contributed by atoms with Gasteiger partial charge in [-0.2, -0.15) is 0 Å². The molecule has 0 bridgehead atoms. The highest BCUT2D eigenvalue weighted by molar-refractivity contribution is 9.10. The van der Waals surface area contributed by atoms with Gasteiger partial charge >= 0.3 is 12.1 Å². The highest BCUT2D eigenvalue weighted by Gasteiger charge is 2.29. The van der Waals surface area contributed by atoms with Crippen LogP contribution in [0.25, 0.3) is 0 Å². The lowest BCUT2D eigenvalue weighted by Gasteiger charge is -2.20. The van der Waals surface area contributed by atoms with E-state index in [1.165, 1.54) is 13.8 Å². The van der Waals surface area contributed by atoms with Gasteiger partial charge in [0.25, 0.3) is 0 Å². The number of ether oxygens (including phenoxy) is 1. The molecule has 0 unspecified atom stereocenters. The van der Waals surface area contributed by atoms with Crippen LogP contribution in [0.4, 0.5) is 4.79 Å². The summed E-state index contributed by atoms with van der Waals surface area (Å²) in [6.45, 7) is 2.74. The number of hydrogen-bond donors (Lipinski definition) is 2. The quantitative estimate of drug-likeness (QED) is 0.899. The fourth-order valence-corrected chi connectivity index (χ4v) is 1.33. The monoisotopic (exact) mass is 301 g/mol. The third kappa shape index (κ3) is 3.74. The van der Waals surface area contributed by atoms with Crippen molar-refractivity contribution < 1.29 is 19.4 Å². The van der Waals surface area contributed by atoms with Crippen molar-refractivity contribution in [3.8, 4) is 5.75 Å². The van der Waals surface area contributed by atoms with E-state index in [4.69, 9.17) is 9.84 Å². The lowest BCUT2D eigenvalue weighted by atomic mass is 10.1. The number of nitrogens with one attached hydrogen (secondary N) is 1. The van der Waals surface area contributed by atoms with E-state index in [2.05, 4.69) is 21.2 Å². The maximum absolute atomic E-state index is 11.5. The van der Waals surface area contributed by atoms with Gasteiger partial charge in [-0.3, -0.25) is 0 Å². The van der Waals surface area contributed by atoms with Gasteiger partial charge in [0.1, 0.15) is 11.3 Å². The second-order valence-corrected chi connectivity index (χ2v) is 4.73. The van der Waals surface area contributed by atoms with Crippen molar-refractivity contribution in [2.24, 2.45) is 0 Å². The minimum atomic E-state index is -1.38. The first kappa shape index (κ1) is 13.5. The number of benzene rings is 1. The molecule has 0 saturated heterocycles. The maximum atomic E-state index is 11.5. The third-order valence-electron chi connectivity index (χ3n) is 1.99.